The van der Waals surface area contributed by atoms with Gasteiger partial charge in [0.2, 0.25) is 0 Å². The molecular weight excluding hydrogens is 226 g/mol. The number of aryl methyl sites for hydroxylation is 1. The first-order valence-electron chi connectivity index (χ1n) is 5.32. The van der Waals surface area contributed by atoms with Gasteiger partial charge in [-0.2, -0.15) is 0 Å². The molecule has 16 heavy (non-hydrogen) atoms. The summed E-state index contributed by atoms with van der Waals surface area (Å²) in [5, 5.41) is 12.8. The molecule has 1 aliphatic carbocycles. The number of halogens is 1. The SMILES string of the molecule is Cc1cc(Cl)ccc1NC1CC(C(=O)O)C1. The molecular formula is C12H14ClNO2. The van der Waals surface area contributed by atoms with E-state index in [-0.39, 0.29) is 12.0 Å². The van der Waals surface area contributed by atoms with Crippen molar-refractivity contribution in [3.05, 3.63) is 28.8 Å². The number of aliphatic carboxylic acids is 1. The molecule has 0 radical (unpaired) electrons. The maximum Gasteiger partial charge on any atom is 0.306 e. The molecule has 0 bridgehead atoms. The fourth-order valence-electron chi connectivity index (χ4n) is 1.95. The van der Waals surface area contributed by atoms with Crippen LogP contribution in [0.1, 0.15) is 18.4 Å². The van der Waals surface area contributed by atoms with Crippen molar-refractivity contribution in [1.82, 2.24) is 0 Å². The molecule has 0 atom stereocenters. The predicted molar refractivity (Wildman–Crippen MR) is 64.0 cm³/mol. The Balaban J connectivity index is 1.94. The predicted octanol–water partition coefficient (Wildman–Crippen LogP) is 2.92. The molecule has 86 valence electrons. The molecule has 0 saturated heterocycles. The lowest BCUT2D eigenvalue weighted by Crippen LogP contribution is -2.39. The van der Waals surface area contributed by atoms with E-state index in [4.69, 9.17) is 16.7 Å². The lowest BCUT2D eigenvalue weighted by molar-refractivity contribution is -0.144. The molecule has 1 saturated carbocycles. The molecule has 0 heterocycles. The molecule has 2 rings (SSSR count). The van der Waals surface area contributed by atoms with Gasteiger partial charge in [0.25, 0.3) is 0 Å². The van der Waals surface area contributed by atoms with Gasteiger partial charge in [0.05, 0.1) is 5.92 Å². The third kappa shape index (κ3) is 2.30. The first-order chi connectivity index (χ1) is 7.56. The first-order valence-corrected chi connectivity index (χ1v) is 5.69. The second-order valence-electron chi connectivity index (χ2n) is 4.31. The van der Waals surface area contributed by atoms with Gasteiger partial charge in [0.15, 0.2) is 0 Å². The molecule has 0 aromatic heterocycles. The van der Waals surface area contributed by atoms with Crippen molar-refractivity contribution in [3.8, 4) is 0 Å². The van der Waals surface area contributed by atoms with Crippen LogP contribution < -0.4 is 5.32 Å². The zero-order valence-corrected chi connectivity index (χ0v) is 9.79. The van der Waals surface area contributed by atoms with E-state index >= 15 is 0 Å². The molecule has 3 nitrogen and oxygen atoms in total. The Morgan fingerprint density at radius 2 is 2.19 bits per heavy atom. The van der Waals surface area contributed by atoms with Crippen LogP contribution in [0.4, 0.5) is 5.69 Å². The highest BCUT2D eigenvalue weighted by Crippen LogP contribution is 2.31. The van der Waals surface area contributed by atoms with Gasteiger partial charge in [0.1, 0.15) is 0 Å². The summed E-state index contributed by atoms with van der Waals surface area (Å²) in [5.74, 6) is -0.865. The van der Waals surface area contributed by atoms with E-state index in [2.05, 4.69) is 5.32 Å². The minimum Gasteiger partial charge on any atom is -0.481 e. The van der Waals surface area contributed by atoms with Gasteiger partial charge in [-0.3, -0.25) is 4.79 Å². The van der Waals surface area contributed by atoms with Crippen LogP contribution in [0.3, 0.4) is 0 Å². The number of carboxylic acids is 1. The fourth-order valence-corrected chi connectivity index (χ4v) is 2.17. The van der Waals surface area contributed by atoms with E-state index in [0.29, 0.717) is 12.8 Å². The standard InChI is InChI=1S/C12H14ClNO2/c1-7-4-9(13)2-3-11(7)14-10-5-8(6-10)12(15)16/h2-4,8,10,14H,5-6H2,1H3,(H,15,16). The van der Waals surface area contributed by atoms with Gasteiger partial charge >= 0.3 is 5.97 Å². The first kappa shape index (κ1) is 11.3. The Kier molecular flexibility index (Phi) is 3.06. The van der Waals surface area contributed by atoms with Crippen LogP contribution in [0.25, 0.3) is 0 Å². The van der Waals surface area contributed by atoms with E-state index < -0.39 is 5.97 Å². The summed E-state index contributed by atoms with van der Waals surface area (Å²) < 4.78 is 0. The summed E-state index contributed by atoms with van der Waals surface area (Å²) in [6, 6.07) is 5.95. The third-order valence-corrected chi connectivity index (χ3v) is 3.27. The number of carbonyl (C=O) groups is 1. The number of hydrogen-bond acceptors (Lipinski definition) is 2. The van der Waals surface area contributed by atoms with Crippen molar-refractivity contribution in [2.75, 3.05) is 5.32 Å². The third-order valence-electron chi connectivity index (χ3n) is 3.04. The van der Waals surface area contributed by atoms with Crippen LogP contribution in [0.5, 0.6) is 0 Å². The molecule has 1 fully saturated rings. The highest BCUT2D eigenvalue weighted by atomic mass is 35.5. The van der Waals surface area contributed by atoms with Crippen LogP contribution >= 0.6 is 11.6 Å². The summed E-state index contributed by atoms with van der Waals surface area (Å²) in [6.45, 7) is 1.99. The summed E-state index contributed by atoms with van der Waals surface area (Å²) in [7, 11) is 0. The topological polar surface area (TPSA) is 49.3 Å². The number of hydrogen-bond donors (Lipinski definition) is 2. The zero-order valence-electron chi connectivity index (χ0n) is 9.03. The average Bonchev–Trinajstić information content (AvgIpc) is 2.12. The smallest absolute Gasteiger partial charge is 0.306 e. The normalized spacial score (nSPS) is 23.6. The summed E-state index contributed by atoms with van der Waals surface area (Å²) in [6.07, 6.45) is 1.41. The Bertz CT molecular complexity index is 413. The monoisotopic (exact) mass is 239 g/mol. The van der Waals surface area contributed by atoms with E-state index in [0.717, 1.165) is 16.3 Å². The van der Waals surface area contributed by atoms with Crippen molar-refractivity contribution >= 4 is 23.3 Å². The maximum atomic E-state index is 10.6. The van der Waals surface area contributed by atoms with Gasteiger partial charge in [-0.15, -0.1) is 0 Å². The van der Waals surface area contributed by atoms with Crippen LogP contribution in [-0.4, -0.2) is 17.1 Å². The van der Waals surface area contributed by atoms with E-state index in [1.54, 1.807) is 0 Å². The molecule has 1 aromatic carbocycles. The molecule has 0 aliphatic heterocycles. The molecule has 2 N–H and O–H groups in total. The Morgan fingerprint density at radius 3 is 2.75 bits per heavy atom. The lowest BCUT2D eigenvalue weighted by atomic mass is 9.80. The van der Waals surface area contributed by atoms with Gasteiger partial charge < -0.3 is 10.4 Å². The van der Waals surface area contributed by atoms with Crippen molar-refractivity contribution in [2.24, 2.45) is 5.92 Å². The van der Waals surface area contributed by atoms with Crippen molar-refractivity contribution < 1.29 is 9.90 Å². The summed E-state index contributed by atoms with van der Waals surface area (Å²) in [5.41, 5.74) is 2.13. The van der Waals surface area contributed by atoms with Crippen molar-refractivity contribution in [2.45, 2.75) is 25.8 Å². The number of rotatable bonds is 3. The Hall–Kier alpha value is -1.22. The Labute approximate surface area is 99.4 Å². The summed E-state index contributed by atoms with van der Waals surface area (Å²) in [4.78, 5) is 10.6. The summed E-state index contributed by atoms with van der Waals surface area (Å²) >= 11 is 5.86. The number of benzene rings is 1. The van der Waals surface area contributed by atoms with Gasteiger partial charge in [-0.25, -0.2) is 0 Å². The minimum absolute atomic E-state index is 0.176. The fraction of sp³-hybridized carbons (Fsp3) is 0.417. The van der Waals surface area contributed by atoms with Crippen LogP contribution in [0.15, 0.2) is 18.2 Å². The van der Waals surface area contributed by atoms with Crippen LogP contribution in [0, 0.1) is 12.8 Å². The molecule has 0 spiro atoms. The minimum atomic E-state index is -0.689. The largest absolute Gasteiger partial charge is 0.481 e. The second kappa shape index (κ2) is 4.34. The van der Waals surface area contributed by atoms with Gasteiger partial charge in [0, 0.05) is 16.8 Å². The molecule has 1 aliphatic rings. The molecule has 4 heteroatoms. The quantitative estimate of drug-likeness (QED) is 0.853. The molecule has 1 aromatic rings. The van der Waals surface area contributed by atoms with Gasteiger partial charge in [-0.1, -0.05) is 11.6 Å². The van der Waals surface area contributed by atoms with Crippen LogP contribution in [-0.2, 0) is 4.79 Å². The highest BCUT2D eigenvalue weighted by molar-refractivity contribution is 6.30. The van der Waals surface area contributed by atoms with Crippen molar-refractivity contribution in [3.63, 3.8) is 0 Å². The average molecular weight is 240 g/mol. The number of anilines is 1. The zero-order chi connectivity index (χ0) is 11.7. The lowest BCUT2D eigenvalue weighted by Gasteiger charge is -2.34. The van der Waals surface area contributed by atoms with E-state index in [1.807, 2.05) is 25.1 Å². The van der Waals surface area contributed by atoms with E-state index in [9.17, 15) is 4.79 Å². The Morgan fingerprint density at radius 1 is 1.50 bits per heavy atom. The number of carboxylic acid groups (broad SMARTS) is 1. The van der Waals surface area contributed by atoms with Crippen molar-refractivity contribution in [1.29, 1.82) is 0 Å². The molecule has 0 amide bonds. The number of nitrogens with one attached hydrogen (secondary N) is 1. The highest BCUT2D eigenvalue weighted by Gasteiger charge is 2.34. The second-order valence-corrected chi connectivity index (χ2v) is 4.74. The molecule has 0 unspecified atom stereocenters. The maximum absolute atomic E-state index is 10.6. The van der Waals surface area contributed by atoms with Crippen LogP contribution in [0.2, 0.25) is 5.02 Å². The van der Waals surface area contributed by atoms with E-state index in [1.165, 1.54) is 0 Å². The van der Waals surface area contributed by atoms with Gasteiger partial charge in [-0.05, 0) is 43.5 Å².